The second-order valence-electron chi connectivity index (χ2n) is 2.29. The monoisotopic (exact) mass is 151 g/mol. The Labute approximate surface area is 62.4 Å². The normalized spacial score (nSPS) is 22.1. The molecule has 0 heterocycles. The molecule has 1 saturated carbocycles. The third-order valence-electron chi connectivity index (χ3n) is 1.57. The Kier molecular flexibility index (Phi) is 4.73. The number of rotatable bonds is 0. The molecule has 1 rings (SSSR count). The molecule has 0 aliphatic heterocycles. The molecule has 1 nitrogen and oxygen atoms in total. The molecule has 0 aromatic rings. The van der Waals surface area contributed by atoms with Crippen molar-refractivity contribution >= 4 is 0 Å². The second kappa shape index (κ2) is 4.43. The van der Waals surface area contributed by atoms with E-state index in [4.69, 9.17) is 5.11 Å². The average Bonchev–Trinajstić information content (AvgIpc) is 1.69. The molecule has 1 radical (unpaired) electrons. The van der Waals surface area contributed by atoms with Gasteiger partial charge < -0.3 is 5.11 Å². The Bertz CT molecular complexity index is 50.5. The fraction of sp³-hybridized carbons (Fsp3) is 1.00. The molecule has 0 saturated heterocycles. The van der Waals surface area contributed by atoms with Gasteiger partial charge in [0.15, 0.2) is 0 Å². The van der Waals surface area contributed by atoms with E-state index in [1.165, 1.54) is 19.3 Å². The van der Waals surface area contributed by atoms with Gasteiger partial charge in [0.2, 0.25) is 0 Å². The van der Waals surface area contributed by atoms with Gasteiger partial charge in [-0.3, -0.25) is 0 Å². The van der Waals surface area contributed by atoms with Gasteiger partial charge in [-0.15, -0.1) is 0 Å². The van der Waals surface area contributed by atoms with E-state index < -0.39 is 0 Å². The first kappa shape index (κ1) is 8.54. The molecule has 1 aliphatic carbocycles. The van der Waals surface area contributed by atoms with Crippen molar-refractivity contribution in [2.45, 2.75) is 38.2 Å². The van der Waals surface area contributed by atoms with E-state index in [0.717, 1.165) is 12.8 Å². The summed E-state index contributed by atoms with van der Waals surface area (Å²) in [4.78, 5) is 0. The Morgan fingerprint density at radius 3 is 1.75 bits per heavy atom. The first-order valence-corrected chi connectivity index (χ1v) is 3.07. The molecule has 47 valence electrons. The zero-order chi connectivity index (χ0) is 5.11. The Morgan fingerprint density at radius 2 is 1.50 bits per heavy atom. The summed E-state index contributed by atoms with van der Waals surface area (Å²) < 4.78 is 0. The maximum absolute atomic E-state index is 8.91. The van der Waals surface area contributed by atoms with Gasteiger partial charge in [-0.05, 0) is 12.8 Å². The summed E-state index contributed by atoms with van der Waals surface area (Å²) >= 11 is 0. The largest absolute Gasteiger partial charge is 0.393 e. The van der Waals surface area contributed by atoms with Gasteiger partial charge in [0.25, 0.3) is 0 Å². The van der Waals surface area contributed by atoms with E-state index >= 15 is 0 Å². The van der Waals surface area contributed by atoms with Crippen molar-refractivity contribution in [1.82, 2.24) is 0 Å². The van der Waals surface area contributed by atoms with E-state index in [0.29, 0.717) is 0 Å². The SMILES string of the molecule is OC1CCCCC1.[V]. The molecular formula is C6H12OV. The molecule has 0 atom stereocenters. The van der Waals surface area contributed by atoms with Crippen molar-refractivity contribution in [2.75, 3.05) is 0 Å². The quantitative estimate of drug-likeness (QED) is 0.553. The molecule has 8 heavy (non-hydrogen) atoms. The minimum absolute atomic E-state index is 0. The van der Waals surface area contributed by atoms with Crippen LogP contribution >= 0.6 is 0 Å². The van der Waals surface area contributed by atoms with Gasteiger partial charge in [0.1, 0.15) is 0 Å². The van der Waals surface area contributed by atoms with Gasteiger partial charge in [-0.25, -0.2) is 0 Å². The fourth-order valence-electron chi connectivity index (χ4n) is 1.08. The number of aliphatic hydroxyl groups excluding tert-OH is 1. The van der Waals surface area contributed by atoms with E-state index in [1.54, 1.807) is 0 Å². The standard InChI is InChI=1S/C6H12O.V/c7-6-4-2-1-3-5-6;/h6-7H,1-5H2;. The molecule has 0 aromatic heterocycles. The smallest absolute Gasteiger partial charge is 0.0540 e. The fourth-order valence-corrected chi connectivity index (χ4v) is 1.08. The van der Waals surface area contributed by atoms with Crippen LogP contribution in [0, 0.1) is 0 Å². The number of hydrogen-bond donors (Lipinski definition) is 1. The van der Waals surface area contributed by atoms with Crippen molar-refractivity contribution in [3.05, 3.63) is 0 Å². The van der Waals surface area contributed by atoms with Crippen LogP contribution in [0.4, 0.5) is 0 Å². The second-order valence-corrected chi connectivity index (χ2v) is 2.29. The third-order valence-corrected chi connectivity index (χ3v) is 1.57. The van der Waals surface area contributed by atoms with Crippen molar-refractivity contribution in [3.63, 3.8) is 0 Å². The first-order valence-electron chi connectivity index (χ1n) is 3.07. The average molecular weight is 151 g/mol. The molecule has 0 spiro atoms. The van der Waals surface area contributed by atoms with Crippen LogP contribution in [0.2, 0.25) is 0 Å². The summed E-state index contributed by atoms with van der Waals surface area (Å²) in [6, 6.07) is 0. The minimum atomic E-state index is 0. The number of hydrogen-bond acceptors (Lipinski definition) is 1. The van der Waals surface area contributed by atoms with E-state index in [2.05, 4.69) is 0 Å². The topological polar surface area (TPSA) is 20.2 Å². The Hall–Kier alpha value is 0.544. The predicted octanol–water partition coefficient (Wildman–Crippen LogP) is 1.31. The van der Waals surface area contributed by atoms with Crippen molar-refractivity contribution < 1.29 is 23.7 Å². The van der Waals surface area contributed by atoms with Crippen LogP contribution in [0.15, 0.2) is 0 Å². The molecule has 0 bridgehead atoms. The van der Waals surface area contributed by atoms with Gasteiger partial charge in [0, 0.05) is 18.6 Å². The summed E-state index contributed by atoms with van der Waals surface area (Å²) in [5.74, 6) is 0. The zero-order valence-corrected chi connectivity index (χ0v) is 6.40. The van der Waals surface area contributed by atoms with Crippen LogP contribution in [0.5, 0.6) is 0 Å². The van der Waals surface area contributed by atoms with Crippen molar-refractivity contribution in [1.29, 1.82) is 0 Å². The molecule has 1 N–H and O–H groups in total. The summed E-state index contributed by atoms with van der Waals surface area (Å²) in [6.45, 7) is 0. The van der Waals surface area contributed by atoms with Crippen LogP contribution in [0.1, 0.15) is 32.1 Å². The van der Waals surface area contributed by atoms with Gasteiger partial charge in [-0.1, -0.05) is 19.3 Å². The maximum atomic E-state index is 8.91. The van der Waals surface area contributed by atoms with Crippen LogP contribution in [0.25, 0.3) is 0 Å². The predicted molar refractivity (Wildman–Crippen MR) is 29.1 cm³/mol. The maximum Gasteiger partial charge on any atom is 0.0540 e. The summed E-state index contributed by atoms with van der Waals surface area (Å²) in [5, 5.41) is 8.91. The van der Waals surface area contributed by atoms with E-state index in [9.17, 15) is 0 Å². The Morgan fingerprint density at radius 1 is 1.00 bits per heavy atom. The van der Waals surface area contributed by atoms with Crippen LogP contribution in [-0.2, 0) is 18.6 Å². The van der Waals surface area contributed by atoms with E-state index in [-0.39, 0.29) is 24.7 Å². The van der Waals surface area contributed by atoms with E-state index in [1.807, 2.05) is 0 Å². The molecule has 0 aromatic carbocycles. The van der Waals surface area contributed by atoms with Crippen molar-refractivity contribution in [2.24, 2.45) is 0 Å². The molecule has 1 fully saturated rings. The van der Waals surface area contributed by atoms with Crippen LogP contribution in [0.3, 0.4) is 0 Å². The van der Waals surface area contributed by atoms with Crippen LogP contribution < -0.4 is 0 Å². The molecule has 0 amide bonds. The molecule has 2 heteroatoms. The minimum Gasteiger partial charge on any atom is -0.393 e. The van der Waals surface area contributed by atoms with Gasteiger partial charge in [0.05, 0.1) is 6.10 Å². The Balaban J connectivity index is 0.000000490. The van der Waals surface area contributed by atoms with Crippen LogP contribution in [-0.4, -0.2) is 11.2 Å². The zero-order valence-electron chi connectivity index (χ0n) is 5.01. The van der Waals surface area contributed by atoms with Gasteiger partial charge >= 0.3 is 0 Å². The number of aliphatic hydroxyl groups is 1. The third kappa shape index (κ3) is 2.76. The van der Waals surface area contributed by atoms with Crippen molar-refractivity contribution in [3.8, 4) is 0 Å². The molecular weight excluding hydrogens is 139 g/mol. The molecule has 1 aliphatic rings. The summed E-state index contributed by atoms with van der Waals surface area (Å²) in [6.07, 6.45) is 5.92. The van der Waals surface area contributed by atoms with Gasteiger partial charge in [-0.2, -0.15) is 0 Å². The summed E-state index contributed by atoms with van der Waals surface area (Å²) in [7, 11) is 0. The summed E-state index contributed by atoms with van der Waals surface area (Å²) in [5.41, 5.74) is 0. The molecule has 0 unspecified atom stereocenters. The first-order chi connectivity index (χ1) is 3.39.